The lowest BCUT2D eigenvalue weighted by atomic mass is 10.3. The third-order valence-electron chi connectivity index (χ3n) is 2.01. The quantitative estimate of drug-likeness (QED) is 0.735. The summed E-state index contributed by atoms with van der Waals surface area (Å²) >= 11 is 0. The van der Waals surface area contributed by atoms with Crippen LogP contribution in [-0.2, 0) is 4.74 Å². The first-order valence-corrected chi connectivity index (χ1v) is 4.69. The molecule has 0 aromatic carbocycles. The van der Waals surface area contributed by atoms with Gasteiger partial charge in [-0.05, 0) is 13.3 Å². The molecule has 1 fully saturated rings. The summed E-state index contributed by atoms with van der Waals surface area (Å²) in [7, 11) is 0. The number of anilines is 1. The number of carbonyl (C=O) groups excluding carboxylic acids is 1. The monoisotopic (exact) mass is 212 g/mol. The van der Waals surface area contributed by atoms with E-state index in [4.69, 9.17) is 9.26 Å². The molecule has 0 saturated carbocycles. The number of urea groups is 1. The van der Waals surface area contributed by atoms with Crippen molar-refractivity contribution in [1.29, 1.82) is 0 Å². The summed E-state index contributed by atoms with van der Waals surface area (Å²) in [5.41, 5.74) is 0. The Morgan fingerprint density at radius 3 is 3.07 bits per heavy atom. The Morgan fingerprint density at radius 2 is 2.47 bits per heavy atom. The second kappa shape index (κ2) is 4.26. The number of nitrogens with zero attached hydrogens (tertiary/aromatic N) is 2. The summed E-state index contributed by atoms with van der Waals surface area (Å²) in [5, 5.41) is 8.73. The number of aromatic nitrogens is 2. The number of rotatable bonds is 2. The average molecular weight is 212 g/mol. The Balaban J connectivity index is 1.81. The van der Waals surface area contributed by atoms with Crippen molar-refractivity contribution in [2.45, 2.75) is 19.4 Å². The Bertz CT molecular complexity index is 345. The van der Waals surface area contributed by atoms with Crippen LogP contribution in [0, 0.1) is 6.92 Å². The van der Waals surface area contributed by atoms with Crippen LogP contribution in [0.25, 0.3) is 0 Å². The Morgan fingerprint density at radius 1 is 1.60 bits per heavy atom. The van der Waals surface area contributed by atoms with Gasteiger partial charge in [0.15, 0.2) is 5.82 Å². The van der Waals surface area contributed by atoms with Crippen LogP contribution in [0.1, 0.15) is 12.2 Å². The van der Waals surface area contributed by atoms with E-state index in [2.05, 4.69) is 20.8 Å². The molecule has 1 aliphatic rings. The lowest BCUT2D eigenvalue weighted by Crippen LogP contribution is -2.38. The van der Waals surface area contributed by atoms with Gasteiger partial charge in [-0.15, -0.1) is 0 Å². The number of ether oxygens (including phenoxy) is 1. The van der Waals surface area contributed by atoms with Crippen LogP contribution in [-0.4, -0.2) is 35.4 Å². The molecule has 0 bridgehead atoms. The van der Waals surface area contributed by atoms with Gasteiger partial charge in [-0.25, -0.2) is 4.79 Å². The molecule has 1 atom stereocenters. The molecule has 1 aromatic heterocycles. The van der Waals surface area contributed by atoms with Crippen LogP contribution in [0.4, 0.5) is 10.8 Å². The first kappa shape index (κ1) is 9.91. The molecule has 2 rings (SSSR count). The number of hydrogen-bond acceptors (Lipinski definition) is 5. The van der Waals surface area contributed by atoms with Crippen molar-refractivity contribution in [2.75, 3.05) is 18.5 Å². The van der Waals surface area contributed by atoms with Crippen molar-refractivity contribution in [3.8, 4) is 0 Å². The summed E-state index contributed by atoms with van der Waals surface area (Å²) in [4.78, 5) is 15.2. The average Bonchev–Trinajstić information content (AvgIpc) is 2.77. The van der Waals surface area contributed by atoms with Gasteiger partial charge in [0.1, 0.15) is 0 Å². The molecule has 7 heteroatoms. The normalized spacial score (nSPS) is 20.2. The fourth-order valence-electron chi connectivity index (χ4n) is 1.31. The highest BCUT2D eigenvalue weighted by molar-refractivity contribution is 5.87. The molecule has 0 aliphatic carbocycles. The molecule has 1 aromatic rings. The minimum absolute atomic E-state index is 0.0639. The molecule has 2 amide bonds. The van der Waals surface area contributed by atoms with E-state index in [1.807, 2.05) is 0 Å². The number of aryl methyl sites for hydroxylation is 1. The van der Waals surface area contributed by atoms with E-state index in [0.29, 0.717) is 19.0 Å². The smallest absolute Gasteiger partial charge is 0.329 e. The molecule has 0 radical (unpaired) electrons. The molecular formula is C8H12N4O3. The van der Waals surface area contributed by atoms with Gasteiger partial charge in [-0.3, -0.25) is 5.32 Å². The van der Waals surface area contributed by atoms with E-state index >= 15 is 0 Å². The predicted octanol–water partition coefficient (Wildman–Crippen LogP) is 0.288. The second-order valence-electron chi connectivity index (χ2n) is 3.31. The SMILES string of the molecule is Cc1noc(NC(=O)NC2CCOC2)n1. The zero-order chi connectivity index (χ0) is 10.7. The van der Waals surface area contributed by atoms with Crippen molar-refractivity contribution in [3.63, 3.8) is 0 Å². The van der Waals surface area contributed by atoms with E-state index in [0.717, 1.165) is 6.42 Å². The number of amides is 2. The topological polar surface area (TPSA) is 89.3 Å². The zero-order valence-electron chi connectivity index (χ0n) is 8.32. The molecule has 82 valence electrons. The zero-order valence-corrected chi connectivity index (χ0v) is 8.32. The van der Waals surface area contributed by atoms with Gasteiger partial charge in [-0.2, -0.15) is 4.98 Å². The molecule has 2 N–H and O–H groups in total. The number of hydrogen-bond donors (Lipinski definition) is 2. The maximum absolute atomic E-state index is 11.4. The Kier molecular flexibility index (Phi) is 2.82. The van der Waals surface area contributed by atoms with Gasteiger partial charge >= 0.3 is 12.0 Å². The van der Waals surface area contributed by atoms with Gasteiger partial charge in [-0.1, -0.05) is 5.16 Å². The summed E-state index contributed by atoms with van der Waals surface area (Å²) in [6.07, 6.45) is 0.830. The second-order valence-corrected chi connectivity index (χ2v) is 3.31. The Labute approximate surface area is 86.2 Å². The summed E-state index contributed by atoms with van der Waals surface area (Å²) in [6.45, 7) is 2.91. The minimum atomic E-state index is -0.353. The first-order valence-electron chi connectivity index (χ1n) is 4.69. The lowest BCUT2D eigenvalue weighted by molar-refractivity contribution is 0.189. The molecule has 1 aliphatic heterocycles. The minimum Gasteiger partial charge on any atom is -0.379 e. The van der Waals surface area contributed by atoms with Gasteiger partial charge in [0.05, 0.1) is 12.6 Å². The number of carbonyl (C=O) groups is 1. The van der Waals surface area contributed by atoms with E-state index < -0.39 is 0 Å². The van der Waals surface area contributed by atoms with Gasteiger partial charge in [0.2, 0.25) is 0 Å². The molecule has 2 heterocycles. The van der Waals surface area contributed by atoms with E-state index in [9.17, 15) is 4.79 Å². The molecular weight excluding hydrogens is 200 g/mol. The molecule has 7 nitrogen and oxygen atoms in total. The highest BCUT2D eigenvalue weighted by atomic mass is 16.5. The van der Waals surface area contributed by atoms with Crippen LogP contribution in [0.2, 0.25) is 0 Å². The maximum atomic E-state index is 11.4. The van der Waals surface area contributed by atoms with Gasteiger partial charge < -0.3 is 14.6 Å². The fraction of sp³-hybridized carbons (Fsp3) is 0.625. The van der Waals surface area contributed by atoms with Crippen LogP contribution < -0.4 is 10.6 Å². The van der Waals surface area contributed by atoms with Crippen LogP contribution in [0.5, 0.6) is 0 Å². The fourth-order valence-corrected chi connectivity index (χ4v) is 1.31. The van der Waals surface area contributed by atoms with Crippen LogP contribution in [0.15, 0.2) is 4.52 Å². The van der Waals surface area contributed by atoms with Crippen molar-refractivity contribution in [3.05, 3.63) is 5.82 Å². The predicted molar refractivity (Wildman–Crippen MR) is 50.4 cm³/mol. The summed E-state index contributed by atoms with van der Waals surface area (Å²) < 4.78 is 9.85. The summed E-state index contributed by atoms with van der Waals surface area (Å²) in [5.74, 6) is 0.481. The van der Waals surface area contributed by atoms with Gasteiger partial charge in [0, 0.05) is 6.61 Å². The largest absolute Gasteiger partial charge is 0.379 e. The Hall–Kier alpha value is -1.63. The van der Waals surface area contributed by atoms with Crippen LogP contribution in [0.3, 0.4) is 0 Å². The van der Waals surface area contributed by atoms with Crippen molar-refractivity contribution in [2.24, 2.45) is 0 Å². The van der Waals surface area contributed by atoms with Crippen molar-refractivity contribution < 1.29 is 14.1 Å². The highest BCUT2D eigenvalue weighted by Gasteiger charge is 2.18. The van der Waals surface area contributed by atoms with Crippen molar-refractivity contribution >= 4 is 12.0 Å². The molecule has 0 spiro atoms. The lowest BCUT2D eigenvalue weighted by Gasteiger charge is -2.09. The third kappa shape index (κ3) is 2.66. The highest BCUT2D eigenvalue weighted by Crippen LogP contribution is 2.05. The standard InChI is InChI=1S/C8H12N4O3/c1-5-9-8(15-12-5)11-7(13)10-6-2-3-14-4-6/h6H,2-4H2,1H3,(H2,9,10,11,12,13). The molecule has 1 saturated heterocycles. The van der Waals surface area contributed by atoms with E-state index in [-0.39, 0.29) is 18.1 Å². The maximum Gasteiger partial charge on any atom is 0.329 e. The molecule has 15 heavy (non-hydrogen) atoms. The van der Waals surface area contributed by atoms with E-state index in [1.165, 1.54) is 0 Å². The van der Waals surface area contributed by atoms with Crippen molar-refractivity contribution in [1.82, 2.24) is 15.5 Å². The van der Waals surface area contributed by atoms with E-state index in [1.54, 1.807) is 6.92 Å². The molecule has 1 unspecified atom stereocenters. The summed E-state index contributed by atoms with van der Waals surface area (Å²) in [6, 6.07) is -0.188. The van der Waals surface area contributed by atoms with Crippen LogP contribution >= 0.6 is 0 Å². The number of nitrogens with one attached hydrogen (secondary N) is 2. The van der Waals surface area contributed by atoms with Gasteiger partial charge in [0.25, 0.3) is 0 Å². The third-order valence-corrected chi connectivity index (χ3v) is 2.01. The first-order chi connectivity index (χ1) is 7.24.